The zero-order chi connectivity index (χ0) is 14.1. The zero-order valence-electron chi connectivity index (χ0n) is 10.9. The Hall–Kier alpha value is -1.41. The normalized spacial score (nSPS) is 16.2. The molecule has 0 amide bonds. The Morgan fingerprint density at radius 1 is 1.60 bits per heavy atom. The van der Waals surface area contributed by atoms with Crippen molar-refractivity contribution in [2.75, 3.05) is 5.75 Å². The molecule has 1 N–H and O–H groups in total. The Balaban J connectivity index is 1.92. The lowest BCUT2D eigenvalue weighted by Gasteiger charge is -2.15. The van der Waals surface area contributed by atoms with Crippen molar-refractivity contribution in [3.63, 3.8) is 0 Å². The van der Waals surface area contributed by atoms with Crippen molar-refractivity contribution in [2.45, 2.75) is 36.9 Å². The zero-order valence-corrected chi connectivity index (χ0v) is 12.5. The Morgan fingerprint density at radius 3 is 3.00 bits per heavy atom. The van der Waals surface area contributed by atoms with Crippen LogP contribution in [0.3, 0.4) is 0 Å². The summed E-state index contributed by atoms with van der Waals surface area (Å²) in [4.78, 5) is 15.1. The maximum absolute atomic E-state index is 10.7. The molecular weight excluding hydrogens is 296 g/mol. The standard InChI is InChI=1S/C12H14N4O2S2/c1-7(11-13-4-5-19-11)16-10(8-2-3-8)14-15-12(16)20-6-9(17)18/h4-5,7-8H,2-3,6H2,1H3,(H,17,18). The molecule has 106 valence electrons. The van der Waals surface area contributed by atoms with Gasteiger partial charge in [-0.1, -0.05) is 11.8 Å². The van der Waals surface area contributed by atoms with Crippen LogP contribution in [0.1, 0.15) is 42.6 Å². The molecule has 1 unspecified atom stereocenters. The van der Waals surface area contributed by atoms with Gasteiger partial charge in [-0.25, -0.2) is 4.98 Å². The highest BCUT2D eigenvalue weighted by molar-refractivity contribution is 7.99. The van der Waals surface area contributed by atoms with Crippen molar-refractivity contribution in [3.8, 4) is 0 Å². The molecule has 0 saturated heterocycles. The van der Waals surface area contributed by atoms with Crippen molar-refractivity contribution in [2.24, 2.45) is 0 Å². The molecule has 0 aliphatic heterocycles. The average molecular weight is 310 g/mol. The summed E-state index contributed by atoms with van der Waals surface area (Å²) in [5.41, 5.74) is 0. The molecule has 20 heavy (non-hydrogen) atoms. The van der Waals surface area contributed by atoms with Gasteiger partial charge in [0.2, 0.25) is 0 Å². The van der Waals surface area contributed by atoms with E-state index >= 15 is 0 Å². The molecule has 2 aromatic rings. The largest absolute Gasteiger partial charge is 0.481 e. The van der Waals surface area contributed by atoms with Crippen molar-refractivity contribution in [1.82, 2.24) is 19.7 Å². The first-order chi connectivity index (χ1) is 9.66. The van der Waals surface area contributed by atoms with Crippen molar-refractivity contribution >= 4 is 29.1 Å². The first-order valence-electron chi connectivity index (χ1n) is 6.35. The van der Waals surface area contributed by atoms with Gasteiger partial charge < -0.3 is 5.11 Å². The van der Waals surface area contributed by atoms with Crippen molar-refractivity contribution in [3.05, 3.63) is 22.4 Å². The molecule has 1 atom stereocenters. The lowest BCUT2D eigenvalue weighted by atomic mass is 10.3. The number of nitrogens with zero attached hydrogens (tertiary/aromatic N) is 4. The number of aromatic nitrogens is 4. The number of carboxylic acid groups (broad SMARTS) is 1. The quantitative estimate of drug-likeness (QED) is 0.825. The summed E-state index contributed by atoms with van der Waals surface area (Å²) in [6, 6.07) is 0.0388. The molecule has 0 bridgehead atoms. The maximum Gasteiger partial charge on any atom is 0.313 e. The maximum atomic E-state index is 10.7. The van der Waals surface area contributed by atoms with Crippen LogP contribution in [0.25, 0.3) is 0 Å². The monoisotopic (exact) mass is 310 g/mol. The fraction of sp³-hybridized carbons (Fsp3) is 0.500. The summed E-state index contributed by atoms with van der Waals surface area (Å²) in [5.74, 6) is 0.567. The minimum atomic E-state index is -0.848. The summed E-state index contributed by atoms with van der Waals surface area (Å²) >= 11 is 2.80. The van der Waals surface area contributed by atoms with Gasteiger partial charge in [0.15, 0.2) is 5.16 Å². The first kappa shape index (κ1) is 13.6. The van der Waals surface area contributed by atoms with Crippen molar-refractivity contribution in [1.29, 1.82) is 0 Å². The Morgan fingerprint density at radius 2 is 2.40 bits per heavy atom. The summed E-state index contributed by atoms with van der Waals surface area (Å²) in [6.45, 7) is 2.05. The van der Waals surface area contributed by atoms with E-state index in [-0.39, 0.29) is 11.8 Å². The number of hydrogen-bond donors (Lipinski definition) is 1. The van der Waals surface area contributed by atoms with Gasteiger partial charge in [0.1, 0.15) is 10.8 Å². The van der Waals surface area contributed by atoms with E-state index in [9.17, 15) is 4.79 Å². The number of thiazole rings is 1. The van der Waals surface area contributed by atoms with Gasteiger partial charge >= 0.3 is 5.97 Å². The Labute approximate surface area is 124 Å². The van der Waals surface area contributed by atoms with Gasteiger partial charge in [-0.3, -0.25) is 9.36 Å². The third kappa shape index (κ3) is 2.71. The molecule has 3 rings (SSSR count). The van der Waals surface area contributed by atoms with Crippen LogP contribution in [0, 0.1) is 0 Å². The van der Waals surface area contributed by atoms with Gasteiger partial charge in [0.25, 0.3) is 0 Å². The van der Waals surface area contributed by atoms with Crippen LogP contribution in [0.15, 0.2) is 16.7 Å². The molecule has 1 saturated carbocycles. The van der Waals surface area contributed by atoms with E-state index in [4.69, 9.17) is 5.11 Å². The van der Waals surface area contributed by atoms with E-state index in [1.165, 1.54) is 11.8 Å². The smallest absolute Gasteiger partial charge is 0.313 e. The number of hydrogen-bond acceptors (Lipinski definition) is 6. The van der Waals surface area contributed by atoms with Crippen LogP contribution in [0.2, 0.25) is 0 Å². The second-order valence-electron chi connectivity index (χ2n) is 4.71. The third-order valence-corrected chi connectivity index (χ3v) is 5.03. The van der Waals surface area contributed by atoms with Gasteiger partial charge in [-0.05, 0) is 19.8 Å². The first-order valence-corrected chi connectivity index (χ1v) is 8.22. The van der Waals surface area contributed by atoms with Gasteiger partial charge in [-0.15, -0.1) is 21.5 Å². The number of rotatable bonds is 6. The number of aliphatic carboxylic acids is 1. The third-order valence-electron chi connectivity index (χ3n) is 3.15. The Kier molecular flexibility index (Phi) is 3.75. The second-order valence-corrected chi connectivity index (χ2v) is 6.58. The molecule has 0 spiro atoms. The minimum Gasteiger partial charge on any atom is -0.481 e. The predicted octanol–water partition coefficient (Wildman–Crippen LogP) is 2.40. The van der Waals surface area contributed by atoms with Crippen LogP contribution in [0.5, 0.6) is 0 Å². The highest BCUT2D eigenvalue weighted by Crippen LogP contribution is 2.42. The fourth-order valence-corrected chi connectivity index (χ4v) is 3.48. The lowest BCUT2D eigenvalue weighted by Crippen LogP contribution is -2.12. The summed E-state index contributed by atoms with van der Waals surface area (Å²) < 4.78 is 2.05. The summed E-state index contributed by atoms with van der Waals surface area (Å²) in [7, 11) is 0. The van der Waals surface area contributed by atoms with Crippen LogP contribution < -0.4 is 0 Å². The highest BCUT2D eigenvalue weighted by Gasteiger charge is 2.32. The van der Waals surface area contributed by atoms with Gasteiger partial charge in [0, 0.05) is 17.5 Å². The molecule has 0 radical (unpaired) electrons. The van der Waals surface area contributed by atoms with Gasteiger partial charge in [0.05, 0.1) is 11.8 Å². The van der Waals surface area contributed by atoms with Crippen LogP contribution >= 0.6 is 23.1 Å². The van der Waals surface area contributed by atoms with E-state index in [1.54, 1.807) is 17.5 Å². The molecule has 6 nitrogen and oxygen atoms in total. The summed E-state index contributed by atoms with van der Waals surface area (Å²) in [6.07, 6.45) is 4.04. The predicted molar refractivity (Wildman–Crippen MR) is 76.3 cm³/mol. The summed E-state index contributed by atoms with van der Waals surface area (Å²) in [5, 5.41) is 20.9. The van der Waals surface area contributed by atoms with E-state index in [2.05, 4.69) is 22.1 Å². The van der Waals surface area contributed by atoms with E-state index in [0.717, 1.165) is 23.7 Å². The number of carboxylic acids is 1. The number of carbonyl (C=O) groups is 1. The van der Waals surface area contributed by atoms with Crippen molar-refractivity contribution < 1.29 is 9.90 Å². The fourth-order valence-electron chi connectivity index (χ4n) is 2.05. The van der Waals surface area contributed by atoms with Gasteiger partial charge in [-0.2, -0.15) is 0 Å². The second kappa shape index (κ2) is 5.53. The van der Waals surface area contributed by atoms with E-state index < -0.39 is 5.97 Å². The molecular formula is C12H14N4O2S2. The van der Waals surface area contributed by atoms with Crippen LogP contribution in [-0.2, 0) is 4.79 Å². The molecule has 0 aromatic carbocycles. The number of thioether (sulfide) groups is 1. The molecule has 2 aromatic heterocycles. The Bertz CT molecular complexity index is 607. The van der Waals surface area contributed by atoms with Crippen LogP contribution in [0.4, 0.5) is 0 Å². The highest BCUT2D eigenvalue weighted by atomic mass is 32.2. The average Bonchev–Trinajstić information content (AvgIpc) is 2.97. The van der Waals surface area contributed by atoms with E-state index in [1.807, 2.05) is 9.95 Å². The molecule has 1 fully saturated rings. The van der Waals surface area contributed by atoms with Crippen LogP contribution in [-0.4, -0.2) is 36.6 Å². The molecule has 8 heteroatoms. The molecule has 1 aliphatic rings. The SMILES string of the molecule is CC(c1nccs1)n1c(SCC(=O)O)nnc1C1CC1. The minimum absolute atomic E-state index is 0.00656. The molecule has 1 aliphatic carbocycles. The molecule has 2 heterocycles. The lowest BCUT2D eigenvalue weighted by molar-refractivity contribution is -0.133. The van der Waals surface area contributed by atoms with E-state index in [0.29, 0.717) is 11.1 Å². The topological polar surface area (TPSA) is 80.9 Å².